The molecule has 0 amide bonds. The molecule has 17 heavy (non-hydrogen) atoms. The van der Waals surface area contributed by atoms with Crippen molar-refractivity contribution in [1.82, 2.24) is 4.98 Å². The fraction of sp³-hybridized carbons (Fsp3) is 0.154. The van der Waals surface area contributed by atoms with Crippen molar-refractivity contribution in [3.05, 3.63) is 59.7 Å². The van der Waals surface area contributed by atoms with Gasteiger partial charge in [-0.25, -0.2) is 4.39 Å². The molecule has 3 nitrogen and oxygen atoms in total. The van der Waals surface area contributed by atoms with E-state index in [2.05, 4.69) is 4.98 Å². The fourth-order valence-corrected chi connectivity index (χ4v) is 1.45. The summed E-state index contributed by atoms with van der Waals surface area (Å²) in [7, 11) is 0. The first-order valence-corrected chi connectivity index (χ1v) is 5.30. The fourth-order valence-electron chi connectivity index (χ4n) is 1.45. The minimum absolute atomic E-state index is 0.241. The molecule has 0 aliphatic rings. The highest BCUT2D eigenvalue weighted by Crippen LogP contribution is 2.17. The molecule has 2 aromatic rings. The predicted octanol–water partition coefficient (Wildman–Crippen LogP) is 2.26. The molecule has 0 fully saturated rings. The van der Waals surface area contributed by atoms with Crippen LogP contribution in [-0.4, -0.2) is 4.98 Å². The highest BCUT2D eigenvalue weighted by Gasteiger charge is 2.02. The SMILES string of the molecule is NCc1cncc(COc2ccccc2F)c1. The van der Waals surface area contributed by atoms with Gasteiger partial charge >= 0.3 is 0 Å². The van der Waals surface area contributed by atoms with Gasteiger partial charge in [0.1, 0.15) is 6.61 Å². The third-order valence-corrected chi connectivity index (χ3v) is 2.32. The average Bonchev–Trinajstić information content (AvgIpc) is 2.38. The number of para-hydroxylation sites is 1. The molecule has 0 spiro atoms. The predicted molar refractivity (Wildman–Crippen MR) is 62.9 cm³/mol. The van der Waals surface area contributed by atoms with E-state index in [0.29, 0.717) is 6.54 Å². The number of pyridine rings is 1. The van der Waals surface area contributed by atoms with Gasteiger partial charge in [-0.2, -0.15) is 0 Å². The number of rotatable bonds is 4. The quantitative estimate of drug-likeness (QED) is 0.879. The Labute approximate surface area is 99.1 Å². The Balaban J connectivity index is 2.05. The molecule has 2 rings (SSSR count). The van der Waals surface area contributed by atoms with Gasteiger partial charge in [-0.3, -0.25) is 4.98 Å². The van der Waals surface area contributed by atoms with Gasteiger partial charge in [0.15, 0.2) is 11.6 Å². The van der Waals surface area contributed by atoms with E-state index < -0.39 is 0 Å². The zero-order valence-electron chi connectivity index (χ0n) is 9.27. The lowest BCUT2D eigenvalue weighted by molar-refractivity contribution is 0.290. The Morgan fingerprint density at radius 2 is 1.94 bits per heavy atom. The average molecular weight is 232 g/mol. The molecule has 0 unspecified atom stereocenters. The molecule has 0 atom stereocenters. The van der Waals surface area contributed by atoms with E-state index in [9.17, 15) is 4.39 Å². The number of aromatic nitrogens is 1. The van der Waals surface area contributed by atoms with Crippen LogP contribution < -0.4 is 10.5 Å². The molecule has 0 aliphatic heterocycles. The van der Waals surface area contributed by atoms with Crippen LogP contribution in [0.5, 0.6) is 5.75 Å². The molecule has 0 aliphatic carbocycles. The van der Waals surface area contributed by atoms with E-state index in [1.54, 1.807) is 30.6 Å². The molecule has 1 heterocycles. The van der Waals surface area contributed by atoms with Crippen LogP contribution in [0.1, 0.15) is 11.1 Å². The zero-order valence-corrected chi connectivity index (χ0v) is 9.27. The first-order chi connectivity index (χ1) is 8.29. The number of nitrogens with two attached hydrogens (primary N) is 1. The minimum atomic E-state index is -0.365. The number of hydrogen-bond acceptors (Lipinski definition) is 3. The van der Waals surface area contributed by atoms with Crippen molar-refractivity contribution >= 4 is 0 Å². The lowest BCUT2D eigenvalue weighted by Crippen LogP contribution is -2.01. The van der Waals surface area contributed by atoms with Crippen LogP contribution in [0, 0.1) is 5.82 Å². The van der Waals surface area contributed by atoms with Gasteiger partial charge in [-0.05, 0) is 23.8 Å². The number of halogens is 1. The van der Waals surface area contributed by atoms with Crippen LogP contribution in [0.3, 0.4) is 0 Å². The van der Waals surface area contributed by atoms with Gasteiger partial charge < -0.3 is 10.5 Å². The summed E-state index contributed by atoms with van der Waals surface area (Å²) in [6, 6.07) is 8.21. The second kappa shape index (κ2) is 5.41. The molecule has 0 saturated carbocycles. The molecule has 2 N–H and O–H groups in total. The largest absolute Gasteiger partial charge is 0.486 e. The summed E-state index contributed by atoms with van der Waals surface area (Å²) in [6.45, 7) is 0.711. The third kappa shape index (κ3) is 3.01. The minimum Gasteiger partial charge on any atom is -0.486 e. The standard InChI is InChI=1S/C13H13FN2O/c14-12-3-1-2-4-13(12)17-9-11-5-10(6-15)7-16-8-11/h1-5,7-8H,6,9,15H2. The lowest BCUT2D eigenvalue weighted by Gasteiger charge is -2.07. The Hall–Kier alpha value is -1.94. The normalized spacial score (nSPS) is 10.2. The Morgan fingerprint density at radius 1 is 1.18 bits per heavy atom. The van der Waals surface area contributed by atoms with Crippen molar-refractivity contribution in [3.63, 3.8) is 0 Å². The summed E-state index contributed by atoms with van der Waals surface area (Å²) in [5.41, 5.74) is 7.31. The monoisotopic (exact) mass is 232 g/mol. The molecule has 0 radical (unpaired) electrons. The molecule has 4 heteroatoms. The van der Waals surface area contributed by atoms with E-state index in [4.69, 9.17) is 10.5 Å². The molecule has 0 saturated heterocycles. The van der Waals surface area contributed by atoms with Crippen molar-refractivity contribution in [1.29, 1.82) is 0 Å². The molecular weight excluding hydrogens is 219 g/mol. The van der Waals surface area contributed by atoms with Crippen molar-refractivity contribution in [2.24, 2.45) is 5.73 Å². The maximum absolute atomic E-state index is 13.3. The molecular formula is C13H13FN2O. The summed E-state index contributed by atoms with van der Waals surface area (Å²) in [5.74, 6) is -0.124. The summed E-state index contributed by atoms with van der Waals surface area (Å²) < 4.78 is 18.6. The van der Waals surface area contributed by atoms with Gasteiger partial charge in [0.05, 0.1) is 0 Å². The van der Waals surface area contributed by atoms with Gasteiger partial charge in [0, 0.05) is 24.5 Å². The van der Waals surface area contributed by atoms with Gasteiger partial charge in [0.25, 0.3) is 0 Å². The van der Waals surface area contributed by atoms with Gasteiger partial charge in [-0.1, -0.05) is 12.1 Å². The van der Waals surface area contributed by atoms with Crippen LogP contribution in [-0.2, 0) is 13.2 Å². The van der Waals surface area contributed by atoms with Gasteiger partial charge in [-0.15, -0.1) is 0 Å². The van der Waals surface area contributed by atoms with E-state index in [0.717, 1.165) is 11.1 Å². The molecule has 1 aromatic carbocycles. The van der Waals surface area contributed by atoms with E-state index >= 15 is 0 Å². The highest BCUT2D eigenvalue weighted by molar-refractivity contribution is 5.24. The van der Waals surface area contributed by atoms with E-state index in [1.165, 1.54) is 6.07 Å². The van der Waals surface area contributed by atoms with E-state index in [-0.39, 0.29) is 18.2 Å². The smallest absolute Gasteiger partial charge is 0.165 e. The van der Waals surface area contributed by atoms with Crippen LogP contribution in [0.2, 0.25) is 0 Å². The van der Waals surface area contributed by atoms with E-state index in [1.807, 2.05) is 6.07 Å². The van der Waals surface area contributed by atoms with Gasteiger partial charge in [0.2, 0.25) is 0 Å². The van der Waals surface area contributed by atoms with Crippen molar-refractivity contribution in [2.75, 3.05) is 0 Å². The second-order valence-electron chi connectivity index (χ2n) is 3.62. The maximum Gasteiger partial charge on any atom is 0.165 e. The second-order valence-corrected chi connectivity index (χ2v) is 3.62. The number of ether oxygens (including phenoxy) is 1. The summed E-state index contributed by atoms with van der Waals surface area (Å²) in [6.07, 6.45) is 3.38. The van der Waals surface area contributed by atoms with Crippen LogP contribution in [0.4, 0.5) is 4.39 Å². The topological polar surface area (TPSA) is 48.1 Å². The summed E-state index contributed by atoms with van der Waals surface area (Å²) in [4.78, 5) is 4.04. The van der Waals surface area contributed by atoms with Crippen molar-refractivity contribution in [3.8, 4) is 5.75 Å². The maximum atomic E-state index is 13.3. The first-order valence-electron chi connectivity index (χ1n) is 5.30. The number of benzene rings is 1. The zero-order chi connectivity index (χ0) is 12.1. The molecule has 1 aromatic heterocycles. The summed E-state index contributed by atoms with van der Waals surface area (Å²) >= 11 is 0. The highest BCUT2D eigenvalue weighted by atomic mass is 19.1. The first kappa shape index (κ1) is 11.5. The number of nitrogens with zero attached hydrogens (tertiary/aromatic N) is 1. The summed E-state index contributed by atoms with van der Waals surface area (Å²) in [5, 5.41) is 0. The van der Waals surface area contributed by atoms with Crippen molar-refractivity contribution in [2.45, 2.75) is 13.2 Å². The van der Waals surface area contributed by atoms with Crippen LogP contribution in [0.15, 0.2) is 42.7 Å². The molecule has 88 valence electrons. The Morgan fingerprint density at radius 3 is 2.71 bits per heavy atom. The lowest BCUT2D eigenvalue weighted by atomic mass is 10.2. The Kier molecular flexibility index (Phi) is 3.67. The third-order valence-electron chi connectivity index (χ3n) is 2.32. The van der Waals surface area contributed by atoms with Crippen molar-refractivity contribution < 1.29 is 9.13 Å². The van der Waals surface area contributed by atoms with Crippen LogP contribution >= 0.6 is 0 Å². The molecule has 0 bridgehead atoms. The number of hydrogen-bond donors (Lipinski definition) is 1. The Bertz CT molecular complexity index is 502. The van der Waals surface area contributed by atoms with Crippen LogP contribution in [0.25, 0.3) is 0 Å².